The van der Waals surface area contributed by atoms with Crippen molar-refractivity contribution < 1.29 is 26.7 Å². The van der Waals surface area contributed by atoms with Crippen LogP contribution in [0.2, 0.25) is 0 Å². The summed E-state index contributed by atoms with van der Waals surface area (Å²) in [4.78, 5) is 0. The topological polar surface area (TPSA) is 54.4 Å². The minimum Gasteiger partial charge on any atom is -0.385 e. The molecule has 0 saturated heterocycles. The molecule has 0 spiro atoms. The molecule has 0 aromatic rings. The normalized spacial score (nSPS) is 17.6. The summed E-state index contributed by atoms with van der Waals surface area (Å²) in [7, 11) is -5.31. The predicted molar refractivity (Wildman–Crippen MR) is 45.3 cm³/mol. The largest absolute Gasteiger partial charge is 0.497 e. The van der Waals surface area contributed by atoms with Gasteiger partial charge in [0.05, 0.1) is 11.4 Å². The van der Waals surface area contributed by atoms with Crippen molar-refractivity contribution in [3.05, 3.63) is 12.2 Å². The summed E-state index contributed by atoms with van der Waals surface area (Å²) in [5, 5.41) is 9.31. The molecule has 0 saturated carbocycles. The Morgan fingerprint density at radius 3 is 2.00 bits per heavy atom. The fraction of sp³-hybridized carbons (Fsp3) is 0.714. The molecule has 0 heterocycles. The quantitative estimate of drug-likeness (QED) is 0.745. The van der Waals surface area contributed by atoms with Crippen LogP contribution < -0.4 is 0 Å². The van der Waals surface area contributed by atoms with Gasteiger partial charge in [0.25, 0.3) is 9.84 Å². The van der Waals surface area contributed by atoms with Gasteiger partial charge in [0.2, 0.25) is 0 Å². The van der Waals surface area contributed by atoms with E-state index in [0.29, 0.717) is 0 Å². The Morgan fingerprint density at radius 2 is 1.79 bits per heavy atom. The number of hydrogen-bond acceptors (Lipinski definition) is 3. The zero-order valence-corrected chi connectivity index (χ0v) is 8.54. The van der Waals surface area contributed by atoms with E-state index in [1.807, 2.05) is 0 Å². The number of rotatable bonds is 3. The molecule has 0 radical (unpaired) electrons. The summed E-state index contributed by atoms with van der Waals surface area (Å²) >= 11 is 0. The molecule has 7 heteroatoms. The van der Waals surface area contributed by atoms with Crippen molar-refractivity contribution in [1.82, 2.24) is 0 Å². The van der Waals surface area contributed by atoms with Gasteiger partial charge in [-0.2, -0.15) is 13.2 Å². The van der Waals surface area contributed by atoms with Crippen LogP contribution in [-0.4, -0.2) is 30.4 Å². The number of alkyl halides is 3. The lowest BCUT2D eigenvalue weighted by molar-refractivity contribution is -0.0451. The molecule has 84 valence electrons. The number of hydrogen-bond donors (Lipinski definition) is 1. The molecule has 0 fully saturated rings. The summed E-state index contributed by atoms with van der Waals surface area (Å²) < 4.78 is 57.0. The van der Waals surface area contributed by atoms with Crippen LogP contribution in [0.1, 0.15) is 13.8 Å². The maximum absolute atomic E-state index is 11.9. The Bertz CT molecular complexity index is 327. The van der Waals surface area contributed by atoms with Crippen molar-refractivity contribution >= 4 is 9.84 Å². The van der Waals surface area contributed by atoms with E-state index in [1.165, 1.54) is 6.92 Å². The van der Waals surface area contributed by atoms with Gasteiger partial charge in [-0.1, -0.05) is 6.58 Å². The lowest BCUT2D eigenvalue weighted by Crippen LogP contribution is -2.40. The average molecular weight is 232 g/mol. The summed E-state index contributed by atoms with van der Waals surface area (Å²) in [6.45, 7) is 5.44. The summed E-state index contributed by atoms with van der Waals surface area (Å²) in [6, 6.07) is 0. The molecule has 0 rings (SSSR count). The first-order valence-electron chi connectivity index (χ1n) is 3.57. The third kappa shape index (κ3) is 2.98. The molecule has 0 aromatic heterocycles. The molecular weight excluding hydrogens is 221 g/mol. The standard InChI is InChI=1S/C7H11F3O3S/c1-5(2)6(3,11)4-14(12,13)7(8,9)10/h11H,1,4H2,2-3H3. The van der Waals surface area contributed by atoms with Gasteiger partial charge >= 0.3 is 5.51 Å². The lowest BCUT2D eigenvalue weighted by Gasteiger charge is -2.23. The molecule has 1 unspecified atom stereocenters. The molecule has 0 aliphatic heterocycles. The van der Waals surface area contributed by atoms with Gasteiger partial charge in [0.15, 0.2) is 0 Å². The van der Waals surface area contributed by atoms with Crippen molar-refractivity contribution in [2.45, 2.75) is 25.0 Å². The molecule has 0 aliphatic rings. The maximum atomic E-state index is 11.9. The molecule has 0 amide bonds. The Hall–Kier alpha value is -0.560. The molecule has 0 bridgehead atoms. The van der Waals surface area contributed by atoms with Crippen LogP contribution in [0.25, 0.3) is 0 Å². The van der Waals surface area contributed by atoms with Crippen molar-refractivity contribution in [2.75, 3.05) is 5.75 Å². The SMILES string of the molecule is C=C(C)C(C)(O)CS(=O)(=O)C(F)(F)F. The number of sulfone groups is 1. The van der Waals surface area contributed by atoms with Crippen LogP contribution in [0.5, 0.6) is 0 Å². The van der Waals surface area contributed by atoms with E-state index in [9.17, 15) is 26.7 Å². The van der Waals surface area contributed by atoms with Gasteiger partial charge in [-0.15, -0.1) is 0 Å². The first kappa shape index (κ1) is 13.4. The molecule has 0 aromatic carbocycles. The van der Waals surface area contributed by atoms with E-state index in [2.05, 4.69) is 6.58 Å². The van der Waals surface area contributed by atoms with Gasteiger partial charge in [0.1, 0.15) is 0 Å². The van der Waals surface area contributed by atoms with Crippen LogP contribution in [0.3, 0.4) is 0 Å². The fourth-order valence-electron chi connectivity index (χ4n) is 0.575. The molecule has 3 nitrogen and oxygen atoms in total. The Labute approximate surface area is 80.2 Å². The molecule has 14 heavy (non-hydrogen) atoms. The van der Waals surface area contributed by atoms with Gasteiger partial charge in [0, 0.05) is 0 Å². The second-order valence-electron chi connectivity index (χ2n) is 3.26. The minimum absolute atomic E-state index is 0.0367. The first-order chi connectivity index (χ1) is 5.90. The lowest BCUT2D eigenvalue weighted by atomic mass is 10.0. The highest BCUT2D eigenvalue weighted by molar-refractivity contribution is 7.92. The van der Waals surface area contributed by atoms with Crippen molar-refractivity contribution in [2.24, 2.45) is 0 Å². The fourth-order valence-corrected chi connectivity index (χ4v) is 1.73. The van der Waals surface area contributed by atoms with E-state index < -0.39 is 26.7 Å². The molecule has 0 aliphatic carbocycles. The van der Waals surface area contributed by atoms with E-state index in [0.717, 1.165) is 6.92 Å². The van der Waals surface area contributed by atoms with E-state index in [-0.39, 0.29) is 5.57 Å². The third-order valence-corrected chi connectivity index (χ3v) is 3.39. The van der Waals surface area contributed by atoms with Crippen molar-refractivity contribution in [3.8, 4) is 0 Å². The maximum Gasteiger partial charge on any atom is 0.497 e. The van der Waals surface area contributed by atoms with Gasteiger partial charge in [-0.25, -0.2) is 8.42 Å². The summed E-state index contributed by atoms with van der Waals surface area (Å²) in [5.74, 6) is -1.40. The third-order valence-electron chi connectivity index (χ3n) is 1.74. The zero-order chi connectivity index (χ0) is 11.8. The van der Waals surface area contributed by atoms with Crippen LogP contribution in [-0.2, 0) is 9.84 Å². The summed E-state index contributed by atoms with van der Waals surface area (Å²) in [5.41, 5.74) is -7.44. The second kappa shape index (κ2) is 3.54. The van der Waals surface area contributed by atoms with Crippen LogP contribution in [0.4, 0.5) is 13.2 Å². The van der Waals surface area contributed by atoms with Crippen LogP contribution in [0.15, 0.2) is 12.2 Å². The number of aliphatic hydroxyl groups is 1. The van der Waals surface area contributed by atoms with Crippen molar-refractivity contribution in [3.63, 3.8) is 0 Å². The minimum atomic E-state index is -5.34. The Balaban J connectivity index is 4.97. The van der Waals surface area contributed by atoms with Crippen LogP contribution in [0, 0.1) is 0 Å². The monoisotopic (exact) mass is 232 g/mol. The molecular formula is C7H11F3O3S. The van der Waals surface area contributed by atoms with Crippen molar-refractivity contribution in [1.29, 1.82) is 0 Å². The van der Waals surface area contributed by atoms with E-state index in [4.69, 9.17) is 0 Å². The zero-order valence-electron chi connectivity index (χ0n) is 7.72. The molecule has 1 N–H and O–H groups in total. The van der Waals surface area contributed by atoms with Gasteiger partial charge < -0.3 is 5.11 Å². The first-order valence-corrected chi connectivity index (χ1v) is 5.23. The average Bonchev–Trinajstić information content (AvgIpc) is 1.80. The van der Waals surface area contributed by atoms with Crippen LogP contribution >= 0.6 is 0 Å². The number of halogens is 3. The van der Waals surface area contributed by atoms with Gasteiger partial charge in [-0.3, -0.25) is 0 Å². The highest BCUT2D eigenvalue weighted by Crippen LogP contribution is 2.28. The second-order valence-corrected chi connectivity index (χ2v) is 5.24. The Morgan fingerprint density at radius 1 is 1.43 bits per heavy atom. The molecule has 1 atom stereocenters. The van der Waals surface area contributed by atoms with E-state index >= 15 is 0 Å². The highest BCUT2D eigenvalue weighted by atomic mass is 32.2. The summed E-state index contributed by atoms with van der Waals surface area (Å²) in [6.07, 6.45) is 0. The van der Waals surface area contributed by atoms with E-state index in [1.54, 1.807) is 0 Å². The van der Waals surface area contributed by atoms with Gasteiger partial charge in [-0.05, 0) is 19.4 Å². The smallest absolute Gasteiger partial charge is 0.385 e. The Kier molecular flexibility index (Phi) is 3.40. The highest BCUT2D eigenvalue weighted by Gasteiger charge is 2.48. The predicted octanol–water partition coefficient (Wildman–Crippen LogP) is 1.25.